The summed E-state index contributed by atoms with van der Waals surface area (Å²) in [4.78, 5) is 25.7. The van der Waals surface area contributed by atoms with E-state index in [1.165, 1.54) is 0 Å². The van der Waals surface area contributed by atoms with Gasteiger partial charge in [0.2, 0.25) is 5.91 Å². The number of likely N-dealkylation sites (tertiary alicyclic amines) is 1. The molecule has 2 amide bonds. The number of benzene rings is 1. The van der Waals surface area contributed by atoms with E-state index in [0.717, 1.165) is 19.4 Å². The molecule has 5 nitrogen and oxygen atoms in total. The second-order valence-electron chi connectivity index (χ2n) is 5.61. The van der Waals surface area contributed by atoms with Crippen LogP contribution in [0.5, 0.6) is 0 Å². The van der Waals surface area contributed by atoms with Crippen molar-refractivity contribution in [3.05, 3.63) is 34.9 Å². The summed E-state index contributed by atoms with van der Waals surface area (Å²) in [5, 5.41) is 3.41. The Hall–Kier alpha value is -1.30. The van der Waals surface area contributed by atoms with Crippen LogP contribution in [0.15, 0.2) is 24.3 Å². The molecule has 0 spiro atoms. The fourth-order valence-corrected chi connectivity index (χ4v) is 2.67. The molecule has 0 radical (unpaired) electrons. The number of nitrogens with zero attached hydrogens (tertiary/aromatic N) is 1. The largest absolute Gasteiger partial charge is 0.352 e. The van der Waals surface area contributed by atoms with Crippen molar-refractivity contribution in [2.24, 2.45) is 5.73 Å². The Bertz CT molecular complexity index is 523. The van der Waals surface area contributed by atoms with Crippen molar-refractivity contribution in [2.45, 2.75) is 31.7 Å². The summed E-state index contributed by atoms with van der Waals surface area (Å²) < 4.78 is 0. The first-order chi connectivity index (χ1) is 10.6. The Morgan fingerprint density at radius 2 is 2.00 bits per heavy atom. The molecule has 1 heterocycles. The molecule has 0 bridgehead atoms. The molecule has 1 aromatic rings. The molecule has 1 atom stereocenters. The van der Waals surface area contributed by atoms with Gasteiger partial charge >= 0.3 is 0 Å². The maximum Gasteiger partial charge on any atom is 0.251 e. The summed E-state index contributed by atoms with van der Waals surface area (Å²) in [7, 11) is 0. The van der Waals surface area contributed by atoms with Gasteiger partial charge in [0, 0.05) is 42.7 Å². The van der Waals surface area contributed by atoms with Crippen molar-refractivity contribution in [1.82, 2.24) is 10.2 Å². The lowest BCUT2D eigenvalue weighted by Crippen LogP contribution is -2.45. The highest BCUT2D eigenvalue weighted by Crippen LogP contribution is 2.11. The van der Waals surface area contributed by atoms with Crippen molar-refractivity contribution in [1.29, 1.82) is 0 Å². The summed E-state index contributed by atoms with van der Waals surface area (Å²) in [6.07, 6.45) is 3.03. The van der Waals surface area contributed by atoms with Crippen molar-refractivity contribution in [2.75, 3.05) is 19.6 Å². The van der Waals surface area contributed by atoms with E-state index in [1.807, 2.05) is 4.90 Å². The first-order valence-corrected chi connectivity index (χ1v) is 8.01. The number of rotatable bonds is 5. The van der Waals surface area contributed by atoms with E-state index in [9.17, 15) is 9.59 Å². The first kappa shape index (κ1) is 19.7. The molecule has 23 heavy (non-hydrogen) atoms. The van der Waals surface area contributed by atoms with Gasteiger partial charge in [-0.1, -0.05) is 11.6 Å². The number of nitrogens with one attached hydrogen (secondary N) is 1. The number of hydrogen-bond acceptors (Lipinski definition) is 3. The Morgan fingerprint density at radius 3 is 2.65 bits per heavy atom. The number of nitrogens with two attached hydrogens (primary N) is 1. The Kier molecular flexibility index (Phi) is 8.37. The zero-order valence-electron chi connectivity index (χ0n) is 13.0. The molecule has 0 aliphatic carbocycles. The molecule has 1 aromatic carbocycles. The van der Waals surface area contributed by atoms with Crippen LogP contribution >= 0.6 is 24.0 Å². The predicted octanol–water partition coefficient (Wildman–Crippen LogP) is 2.22. The van der Waals surface area contributed by atoms with Crippen molar-refractivity contribution in [3.63, 3.8) is 0 Å². The van der Waals surface area contributed by atoms with Gasteiger partial charge in [-0.05, 0) is 43.5 Å². The van der Waals surface area contributed by atoms with Gasteiger partial charge in [0.25, 0.3) is 5.91 Å². The van der Waals surface area contributed by atoms with Crippen LogP contribution in [0.4, 0.5) is 0 Å². The van der Waals surface area contributed by atoms with Gasteiger partial charge in [-0.3, -0.25) is 9.59 Å². The van der Waals surface area contributed by atoms with E-state index in [-0.39, 0.29) is 30.3 Å². The van der Waals surface area contributed by atoms with Crippen molar-refractivity contribution >= 4 is 35.8 Å². The van der Waals surface area contributed by atoms with Crippen LogP contribution in [0.2, 0.25) is 5.02 Å². The minimum atomic E-state index is -0.149. The van der Waals surface area contributed by atoms with Crippen LogP contribution in [0, 0.1) is 0 Å². The monoisotopic (exact) mass is 359 g/mol. The number of carbonyl (C=O) groups is 2. The van der Waals surface area contributed by atoms with E-state index in [2.05, 4.69) is 5.32 Å². The topological polar surface area (TPSA) is 75.4 Å². The number of hydrogen-bond donors (Lipinski definition) is 2. The van der Waals surface area contributed by atoms with E-state index >= 15 is 0 Å². The molecule has 7 heteroatoms. The second kappa shape index (κ2) is 9.75. The second-order valence-corrected chi connectivity index (χ2v) is 6.04. The highest BCUT2D eigenvalue weighted by molar-refractivity contribution is 6.30. The maximum absolute atomic E-state index is 12.0. The lowest BCUT2D eigenvalue weighted by atomic mass is 10.1. The van der Waals surface area contributed by atoms with E-state index in [1.54, 1.807) is 24.3 Å². The summed E-state index contributed by atoms with van der Waals surface area (Å²) in [6.45, 7) is 1.92. The molecule has 1 aliphatic rings. The van der Waals surface area contributed by atoms with E-state index in [4.69, 9.17) is 17.3 Å². The van der Waals surface area contributed by atoms with E-state index < -0.39 is 0 Å². The molecular weight excluding hydrogens is 337 g/mol. The Morgan fingerprint density at radius 1 is 1.30 bits per heavy atom. The summed E-state index contributed by atoms with van der Waals surface area (Å²) in [5.74, 6) is -0.0278. The van der Waals surface area contributed by atoms with E-state index in [0.29, 0.717) is 36.5 Å². The molecular formula is C16H23Cl2N3O2. The van der Waals surface area contributed by atoms with Gasteiger partial charge in [-0.25, -0.2) is 0 Å². The van der Waals surface area contributed by atoms with Gasteiger partial charge in [0.15, 0.2) is 0 Å². The van der Waals surface area contributed by atoms with Gasteiger partial charge in [-0.15, -0.1) is 12.4 Å². The highest BCUT2D eigenvalue weighted by atomic mass is 35.5. The molecule has 2 rings (SSSR count). The minimum absolute atomic E-state index is 0. The minimum Gasteiger partial charge on any atom is -0.352 e. The van der Waals surface area contributed by atoms with Gasteiger partial charge < -0.3 is 16.0 Å². The molecule has 1 aliphatic heterocycles. The lowest BCUT2D eigenvalue weighted by Gasteiger charge is -2.30. The zero-order chi connectivity index (χ0) is 15.9. The number of halogens is 2. The first-order valence-electron chi connectivity index (χ1n) is 7.63. The highest BCUT2D eigenvalue weighted by Gasteiger charge is 2.20. The lowest BCUT2D eigenvalue weighted by molar-refractivity contribution is -0.132. The smallest absolute Gasteiger partial charge is 0.251 e. The number of amides is 2. The summed E-state index contributed by atoms with van der Waals surface area (Å²) >= 11 is 5.78. The number of carbonyl (C=O) groups excluding carboxylic acids is 2. The molecule has 1 unspecified atom stereocenters. The summed E-state index contributed by atoms with van der Waals surface area (Å²) in [5.41, 5.74) is 6.44. The van der Waals surface area contributed by atoms with Crippen molar-refractivity contribution < 1.29 is 9.59 Å². The molecule has 128 valence electrons. The van der Waals surface area contributed by atoms with Crippen LogP contribution in [0.1, 0.15) is 36.0 Å². The van der Waals surface area contributed by atoms with Crippen LogP contribution in [0.3, 0.4) is 0 Å². The Labute approximate surface area is 148 Å². The van der Waals surface area contributed by atoms with Crippen LogP contribution in [-0.2, 0) is 4.79 Å². The van der Waals surface area contributed by atoms with Crippen LogP contribution in [-0.4, -0.2) is 42.4 Å². The zero-order valence-corrected chi connectivity index (χ0v) is 14.5. The normalized spacial score (nSPS) is 17.3. The third-order valence-electron chi connectivity index (χ3n) is 3.77. The molecule has 0 saturated carbocycles. The average molecular weight is 360 g/mol. The maximum atomic E-state index is 12.0. The third kappa shape index (κ3) is 6.37. The van der Waals surface area contributed by atoms with Gasteiger partial charge in [0.05, 0.1) is 0 Å². The SMILES string of the molecule is Cl.NC1CCCN(C(=O)CCCNC(=O)c2ccc(Cl)cc2)C1. The standard InChI is InChI=1S/C16H22ClN3O2.ClH/c17-13-7-5-12(6-8-13)16(22)19-9-1-4-15(21)20-10-2-3-14(18)11-20;/h5-8,14H,1-4,9-11,18H2,(H,19,22);1H. The van der Waals surface area contributed by atoms with Crippen LogP contribution in [0.25, 0.3) is 0 Å². The predicted molar refractivity (Wildman–Crippen MR) is 94.1 cm³/mol. The van der Waals surface area contributed by atoms with Gasteiger partial charge in [0.1, 0.15) is 0 Å². The quantitative estimate of drug-likeness (QED) is 0.791. The molecule has 1 saturated heterocycles. The third-order valence-corrected chi connectivity index (χ3v) is 4.02. The average Bonchev–Trinajstić information content (AvgIpc) is 2.51. The molecule has 0 aromatic heterocycles. The summed E-state index contributed by atoms with van der Waals surface area (Å²) in [6, 6.07) is 6.82. The van der Waals surface area contributed by atoms with Gasteiger partial charge in [-0.2, -0.15) is 0 Å². The fraction of sp³-hybridized carbons (Fsp3) is 0.500. The van der Waals surface area contributed by atoms with Crippen LogP contribution < -0.4 is 11.1 Å². The molecule has 3 N–H and O–H groups in total. The molecule has 1 fully saturated rings. The fourth-order valence-electron chi connectivity index (χ4n) is 2.54. The Balaban J connectivity index is 0.00000264. The number of piperidine rings is 1. The van der Waals surface area contributed by atoms with Crippen molar-refractivity contribution in [3.8, 4) is 0 Å².